The van der Waals surface area contributed by atoms with Gasteiger partial charge in [0.25, 0.3) is 5.56 Å². The first-order valence-electron chi connectivity index (χ1n) is 8.22. The average molecular weight is 292 g/mol. The topological polar surface area (TPSA) is 43.3 Å². The maximum atomic E-state index is 12.2. The summed E-state index contributed by atoms with van der Waals surface area (Å²) in [5, 5.41) is 3.62. The lowest BCUT2D eigenvalue weighted by atomic mass is 9.90. The van der Waals surface area contributed by atoms with E-state index in [0.29, 0.717) is 6.04 Å². The van der Waals surface area contributed by atoms with Crippen LogP contribution in [0.3, 0.4) is 0 Å². The molecule has 1 atom stereocenters. The lowest BCUT2D eigenvalue weighted by Crippen LogP contribution is -2.32. The molecule has 0 radical (unpaired) electrons. The molecule has 4 nitrogen and oxygen atoms in total. The molecule has 118 valence electrons. The van der Waals surface area contributed by atoms with Gasteiger partial charge in [0.05, 0.1) is 0 Å². The summed E-state index contributed by atoms with van der Waals surface area (Å²) in [4.78, 5) is 12.2. The molecule has 0 fully saturated rings. The fraction of sp³-hybridized carbons (Fsp3) is 0.706. The Morgan fingerprint density at radius 1 is 1.38 bits per heavy atom. The molecule has 4 heteroatoms. The van der Waals surface area contributed by atoms with E-state index in [2.05, 4.69) is 12.2 Å². The lowest BCUT2D eigenvalue weighted by molar-refractivity contribution is 0.191. The molecule has 0 aliphatic heterocycles. The largest absolute Gasteiger partial charge is 0.385 e. The highest BCUT2D eigenvalue weighted by atomic mass is 16.5. The number of pyridine rings is 1. The fourth-order valence-electron chi connectivity index (χ4n) is 3.15. The van der Waals surface area contributed by atoms with Crippen molar-refractivity contribution in [2.75, 3.05) is 20.3 Å². The second-order valence-electron chi connectivity index (χ2n) is 5.82. The Morgan fingerprint density at radius 2 is 2.24 bits per heavy atom. The van der Waals surface area contributed by atoms with E-state index in [9.17, 15) is 4.79 Å². The molecule has 1 aliphatic rings. The number of unbranched alkanes of at least 4 members (excludes halogenated alkanes) is 1. The van der Waals surface area contributed by atoms with Crippen molar-refractivity contribution in [3.8, 4) is 0 Å². The van der Waals surface area contributed by atoms with E-state index >= 15 is 0 Å². The van der Waals surface area contributed by atoms with Crippen LogP contribution in [0.2, 0.25) is 0 Å². The van der Waals surface area contributed by atoms with Gasteiger partial charge in [0.1, 0.15) is 0 Å². The van der Waals surface area contributed by atoms with Crippen molar-refractivity contribution in [2.24, 2.45) is 0 Å². The molecule has 0 amide bonds. The maximum absolute atomic E-state index is 12.2. The maximum Gasteiger partial charge on any atom is 0.250 e. The summed E-state index contributed by atoms with van der Waals surface area (Å²) in [6.07, 6.45) is 6.51. The van der Waals surface area contributed by atoms with Gasteiger partial charge in [-0.15, -0.1) is 0 Å². The Kier molecular flexibility index (Phi) is 6.46. The van der Waals surface area contributed by atoms with E-state index in [0.717, 1.165) is 51.8 Å². The summed E-state index contributed by atoms with van der Waals surface area (Å²) in [5.41, 5.74) is 2.73. The molecule has 1 aromatic rings. The SMILES string of the molecule is CCCNC1CCCc2c1ccc(=O)n2CCCCOC. The molecule has 1 aromatic heterocycles. The minimum absolute atomic E-state index is 0.141. The van der Waals surface area contributed by atoms with Crippen molar-refractivity contribution >= 4 is 0 Å². The van der Waals surface area contributed by atoms with Gasteiger partial charge >= 0.3 is 0 Å². The zero-order valence-corrected chi connectivity index (χ0v) is 13.4. The minimum atomic E-state index is 0.141. The van der Waals surface area contributed by atoms with Crippen molar-refractivity contribution in [3.63, 3.8) is 0 Å². The van der Waals surface area contributed by atoms with Crippen LogP contribution in [0, 0.1) is 0 Å². The standard InChI is InChI=1S/C17H28N2O2/c1-3-11-18-15-7-6-8-16-14(15)9-10-17(20)19(16)12-4-5-13-21-2/h9-10,15,18H,3-8,11-13H2,1-2H3. The Labute approximate surface area is 127 Å². The molecular formula is C17H28N2O2. The van der Waals surface area contributed by atoms with Gasteiger partial charge in [-0.1, -0.05) is 13.0 Å². The van der Waals surface area contributed by atoms with Crippen LogP contribution in [0.5, 0.6) is 0 Å². The Bertz CT molecular complexity index is 496. The Morgan fingerprint density at radius 3 is 3.00 bits per heavy atom. The normalized spacial score (nSPS) is 17.7. The molecule has 0 spiro atoms. The summed E-state index contributed by atoms with van der Waals surface area (Å²) in [6, 6.07) is 4.19. The van der Waals surface area contributed by atoms with E-state index in [-0.39, 0.29) is 5.56 Å². The summed E-state index contributed by atoms with van der Waals surface area (Å²) < 4.78 is 7.08. The highest BCUT2D eigenvalue weighted by Gasteiger charge is 2.22. The van der Waals surface area contributed by atoms with Gasteiger partial charge in [0.2, 0.25) is 0 Å². The molecule has 1 unspecified atom stereocenters. The first kappa shape index (κ1) is 16.2. The zero-order valence-electron chi connectivity index (χ0n) is 13.4. The van der Waals surface area contributed by atoms with Gasteiger partial charge in [0.15, 0.2) is 0 Å². The Balaban J connectivity index is 2.15. The van der Waals surface area contributed by atoms with Gasteiger partial charge in [0, 0.05) is 38.1 Å². The zero-order chi connectivity index (χ0) is 15.1. The third kappa shape index (κ3) is 4.17. The number of methoxy groups -OCH3 is 1. The van der Waals surface area contributed by atoms with Crippen molar-refractivity contribution in [2.45, 2.75) is 58.0 Å². The van der Waals surface area contributed by atoms with E-state index < -0.39 is 0 Å². The molecule has 0 saturated heterocycles. The lowest BCUT2D eigenvalue weighted by Gasteiger charge is -2.28. The molecule has 1 N–H and O–H groups in total. The quantitative estimate of drug-likeness (QED) is 0.749. The monoisotopic (exact) mass is 292 g/mol. The van der Waals surface area contributed by atoms with Crippen molar-refractivity contribution in [1.82, 2.24) is 9.88 Å². The number of hydrogen-bond acceptors (Lipinski definition) is 3. The number of hydrogen-bond donors (Lipinski definition) is 1. The van der Waals surface area contributed by atoms with Gasteiger partial charge in [-0.25, -0.2) is 0 Å². The van der Waals surface area contributed by atoms with Crippen LogP contribution < -0.4 is 10.9 Å². The van der Waals surface area contributed by atoms with Crippen LogP contribution in [0.15, 0.2) is 16.9 Å². The molecule has 21 heavy (non-hydrogen) atoms. The minimum Gasteiger partial charge on any atom is -0.385 e. The number of fused-ring (bicyclic) bond motifs is 1. The molecule has 0 saturated carbocycles. The van der Waals surface area contributed by atoms with Gasteiger partial charge in [-0.05, 0) is 50.6 Å². The Hall–Kier alpha value is -1.13. The third-order valence-electron chi connectivity index (χ3n) is 4.23. The van der Waals surface area contributed by atoms with E-state index in [1.54, 1.807) is 13.2 Å². The van der Waals surface area contributed by atoms with Crippen LogP contribution in [-0.2, 0) is 17.7 Å². The molecule has 0 bridgehead atoms. The summed E-state index contributed by atoms with van der Waals surface area (Å²) >= 11 is 0. The summed E-state index contributed by atoms with van der Waals surface area (Å²) in [6.45, 7) is 4.81. The van der Waals surface area contributed by atoms with Crippen molar-refractivity contribution < 1.29 is 4.74 Å². The van der Waals surface area contributed by atoms with Crippen LogP contribution in [0.4, 0.5) is 0 Å². The average Bonchev–Trinajstić information content (AvgIpc) is 2.51. The highest BCUT2D eigenvalue weighted by Crippen LogP contribution is 2.28. The van der Waals surface area contributed by atoms with Gasteiger partial charge < -0.3 is 14.6 Å². The second kappa shape index (κ2) is 8.35. The molecule has 2 rings (SSSR count). The summed E-state index contributed by atoms with van der Waals surface area (Å²) in [7, 11) is 1.72. The predicted octanol–water partition coefficient (Wildman–Crippen LogP) is 2.65. The van der Waals surface area contributed by atoms with Crippen LogP contribution >= 0.6 is 0 Å². The molecule has 1 aliphatic carbocycles. The number of nitrogens with one attached hydrogen (secondary N) is 1. The molecule has 0 aromatic carbocycles. The predicted molar refractivity (Wildman–Crippen MR) is 85.8 cm³/mol. The molecule has 1 heterocycles. The second-order valence-corrected chi connectivity index (χ2v) is 5.82. The molecular weight excluding hydrogens is 264 g/mol. The summed E-state index contributed by atoms with van der Waals surface area (Å²) in [5.74, 6) is 0. The first-order chi connectivity index (χ1) is 10.3. The number of aromatic nitrogens is 1. The first-order valence-corrected chi connectivity index (χ1v) is 8.22. The van der Waals surface area contributed by atoms with Crippen molar-refractivity contribution in [1.29, 1.82) is 0 Å². The number of nitrogens with zero attached hydrogens (tertiary/aromatic N) is 1. The van der Waals surface area contributed by atoms with Gasteiger partial charge in [-0.2, -0.15) is 0 Å². The highest BCUT2D eigenvalue weighted by molar-refractivity contribution is 5.27. The third-order valence-corrected chi connectivity index (χ3v) is 4.23. The van der Waals surface area contributed by atoms with Gasteiger partial charge in [-0.3, -0.25) is 4.79 Å². The van der Waals surface area contributed by atoms with E-state index in [4.69, 9.17) is 4.74 Å². The smallest absolute Gasteiger partial charge is 0.250 e. The number of rotatable bonds is 8. The fourth-order valence-corrected chi connectivity index (χ4v) is 3.15. The van der Waals surface area contributed by atoms with Crippen LogP contribution in [0.25, 0.3) is 0 Å². The van der Waals surface area contributed by atoms with Crippen LogP contribution in [0.1, 0.15) is 56.3 Å². The van der Waals surface area contributed by atoms with Crippen molar-refractivity contribution in [3.05, 3.63) is 33.7 Å². The number of ether oxygens (including phenoxy) is 1. The van der Waals surface area contributed by atoms with E-state index in [1.807, 2.05) is 10.6 Å². The van der Waals surface area contributed by atoms with Crippen LogP contribution in [-0.4, -0.2) is 24.8 Å². The van der Waals surface area contributed by atoms with E-state index in [1.165, 1.54) is 17.7 Å².